The predicted molar refractivity (Wildman–Crippen MR) is 83.6 cm³/mol. The highest BCUT2D eigenvalue weighted by Crippen LogP contribution is 2.20. The molecule has 0 spiro atoms. The molecule has 0 aliphatic rings. The second-order valence-electron chi connectivity index (χ2n) is 4.41. The van der Waals surface area contributed by atoms with E-state index in [1.807, 2.05) is 37.3 Å². The number of carbonyl (C=O) groups is 2. The zero-order chi connectivity index (χ0) is 15.9. The minimum absolute atomic E-state index is 0.269. The molecule has 0 atom stereocenters. The Balaban J connectivity index is 2.12. The second-order valence-corrected chi connectivity index (χ2v) is 4.41. The molecule has 2 amide bonds. The fourth-order valence-electron chi connectivity index (χ4n) is 1.94. The molecule has 0 radical (unpaired) electrons. The van der Waals surface area contributed by atoms with Gasteiger partial charge in [0.2, 0.25) is 0 Å². The zero-order valence-corrected chi connectivity index (χ0v) is 12.0. The number of anilines is 2. The number of carboxylic acid groups (broad SMARTS) is 1. The van der Waals surface area contributed by atoms with Crippen molar-refractivity contribution >= 4 is 23.6 Å². The van der Waals surface area contributed by atoms with E-state index in [1.165, 1.54) is 11.0 Å². The minimum atomic E-state index is -1.18. The molecule has 0 aromatic heterocycles. The van der Waals surface area contributed by atoms with Crippen molar-refractivity contribution in [2.45, 2.75) is 6.92 Å². The Morgan fingerprint density at radius 3 is 2.50 bits per heavy atom. The van der Waals surface area contributed by atoms with Gasteiger partial charge in [-0.25, -0.2) is 9.59 Å². The number of rotatable bonds is 4. The number of carbonyl (C=O) groups excluding carboxylic acids is 1. The molecule has 2 N–H and O–H groups in total. The van der Waals surface area contributed by atoms with Crippen LogP contribution in [0.1, 0.15) is 6.92 Å². The summed E-state index contributed by atoms with van der Waals surface area (Å²) in [6, 6.07) is 15.4. The van der Waals surface area contributed by atoms with Crippen LogP contribution in [0.3, 0.4) is 0 Å². The molecule has 0 aliphatic heterocycles. The van der Waals surface area contributed by atoms with Crippen LogP contribution in [0.4, 0.5) is 21.0 Å². The lowest BCUT2D eigenvalue weighted by atomic mass is 10.3. The summed E-state index contributed by atoms with van der Waals surface area (Å²) in [4.78, 5) is 24.3. The van der Waals surface area contributed by atoms with E-state index in [4.69, 9.17) is 9.84 Å². The Kier molecular flexibility index (Phi) is 4.98. The summed E-state index contributed by atoms with van der Waals surface area (Å²) >= 11 is 0. The fraction of sp³-hybridized carbons (Fsp3) is 0.125. The van der Waals surface area contributed by atoms with Crippen LogP contribution in [0.2, 0.25) is 0 Å². The standard InChI is InChI=1S/C16H16N2O4/c1-2-18(13-8-4-3-5-9-13)16(21)22-14-10-6-7-12(11-14)17-15(19)20/h3-11,17H,2H2,1H3,(H,19,20). The first-order chi connectivity index (χ1) is 10.6. The summed E-state index contributed by atoms with van der Waals surface area (Å²) < 4.78 is 5.30. The Morgan fingerprint density at radius 1 is 1.14 bits per heavy atom. The van der Waals surface area contributed by atoms with Crippen molar-refractivity contribution in [3.8, 4) is 5.75 Å². The van der Waals surface area contributed by atoms with Crippen molar-refractivity contribution in [2.24, 2.45) is 0 Å². The molecule has 0 fully saturated rings. The van der Waals surface area contributed by atoms with Crippen LogP contribution >= 0.6 is 0 Å². The van der Waals surface area contributed by atoms with Crippen LogP contribution in [0.25, 0.3) is 0 Å². The number of nitrogens with zero attached hydrogens (tertiary/aromatic N) is 1. The van der Waals surface area contributed by atoms with Crippen LogP contribution in [-0.2, 0) is 0 Å². The number of amides is 2. The molecule has 0 aliphatic carbocycles. The van der Waals surface area contributed by atoms with E-state index >= 15 is 0 Å². The van der Waals surface area contributed by atoms with E-state index in [-0.39, 0.29) is 5.75 Å². The molecule has 2 aromatic rings. The van der Waals surface area contributed by atoms with Gasteiger partial charge in [0.25, 0.3) is 0 Å². The summed E-state index contributed by atoms with van der Waals surface area (Å²) in [5.74, 6) is 0.269. The maximum atomic E-state index is 12.2. The lowest BCUT2D eigenvalue weighted by molar-refractivity contribution is 0.208. The van der Waals surface area contributed by atoms with E-state index in [1.54, 1.807) is 18.2 Å². The van der Waals surface area contributed by atoms with Crippen molar-refractivity contribution in [2.75, 3.05) is 16.8 Å². The first-order valence-electron chi connectivity index (χ1n) is 6.74. The van der Waals surface area contributed by atoms with Crippen molar-refractivity contribution in [1.29, 1.82) is 0 Å². The Morgan fingerprint density at radius 2 is 1.86 bits per heavy atom. The van der Waals surface area contributed by atoms with Gasteiger partial charge in [0.15, 0.2) is 0 Å². The van der Waals surface area contributed by atoms with Gasteiger partial charge in [-0.1, -0.05) is 24.3 Å². The Hall–Kier alpha value is -3.02. The number of nitrogens with one attached hydrogen (secondary N) is 1. The summed E-state index contributed by atoms with van der Waals surface area (Å²) in [6.45, 7) is 2.30. The van der Waals surface area contributed by atoms with Crippen LogP contribution in [0.5, 0.6) is 5.75 Å². The van der Waals surface area contributed by atoms with Gasteiger partial charge in [0.1, 0.15) is 5.75 Å². The van der Waals surface area contributed by atoms with Crippen LogP contribution < -0.4 is 15.0 Å². The largest absolute Gasteiger partial charge is 0.465 e. The molecule has 0 bridgehead atoms. The fourth-order valence-corrected chi connectivity index (χ4v) is 1.94. The maximum absolute atomic E-state index is 12.2. The van der Waals surface area contributed by atoms with E-state index in [9.17, 15) is 9.59 Å². The van der Waals surface area contributed by atoms with Gasteiger partial charge < -0.3 is 9.84 Å². The zero-order valence-electron chi connectivity index (χ0n) is 12.0. The first kappa shape index (κ1) is 15.4. The van der Waals surface area contributed by atoms with Gasteiger partial charge in [0, 0.05) is 24.0 Å². The Labute approximate surface area is 127 Å². The van der Waals surface area contributed by atoms with Gasteiger partial charge in [-0.3, -0.25) is 10.2 Å². The second kappa shape index (κ2) is 7.12. The smallest absolute Gasteiger partial charge is 0.419 e. The molecule has 2 aromatic carbocycles. The minimum Gasteiger partial charge on any atom is -0.465 e. The molecule has 0 saturated carbocycles. The van der Waals surface area contributed by atoms with Crippen molar-refractivity contribution in [3.05, 3.63) is 54.6 Å². The highest BCUT2D eigenvalue weighted by atomic mass is 16.6. The highest BCUT2D eigenvalue weighted by Gasteiger charge is 2.16. The molecule has 0 saturated heterocycles. The molecule has 0 unspecified atom stereocenters. The van der Waals surface area contributed by atoms with Gasteiger partial charge in [0.05, 0.1) is 0 Å². The Bertz CT molecular complexity index is 658. The number of ether oxygens (including phenoxy) is 1. The average molecular weight is 300 g/mol. The van der Waals surface area contributed by atoms with Crippen molar-refractivity contribution in [1.82, 2.24) is 0 Å². The van der Waals surface area contributed by atoms with E-state index in [0.717, 1.165) is 5.69 Å². The summed E-state index contributed by atoms with van der Waals surface area (Å²) in [5, 5.41) is 10.9. The van der Waals surface area contributed by atoms with Gasteiger partial charge >= 0.3 is 12.2 Å². The number of hydrogen-bond donors (Lipinski definition) is 2. The predicted octanol–water partition coefficient (Wildman–Crippen LogP) is 3.80. The average Bonchev–Trinajstić information content (AvgIpc) is 2.48. The quantitative estimate of drug-likeness (QED) is 0.900. The lowest BCUT2D eigenvalue weighted by Crippen LogP contribution is -2.33. The molecule has 22 heavy (non-hydrogen) atoms. The molecular formula is C16H16N2O4. The van der Waals surface area contributed by atoms with Gasteiger partial charge in [-0.05, 0) is 31.2 Å². The number of hydrogen-bond acceptors (Lipinski definition) is 3. The maximum Gasteiger partial charge on any atom is 0.419 e. The topological polar surface area (TPSA) is 78.9 Å². The molecule has 114 valence electrons. The number of benzene rings is 2. The summed E-state index contributed by atoms with van der Waals surface area (Å²) in [6.07, 6.45) is -1.70. The van der Waals surface area contributed by atoms with Crippen LogP contribution in [0.15, 0.2) is 54.6 Å². The lowest BCUT2D eigenvalue weighted by Gasteiger charge is -2.20. The molecule has 2 rings (SSSR count). The van der Waals surface area contributed by atoms with Gasteiger partial charge in [-0.15, -0.1) is 0 Å². The van der Waals surface area contributed by atoms with Crippen LogP contribution in [0, 0.1) is 0 Å². The highest BCUT2D eigenvalue weighted by molar-refractivity contribution is 5.89. The van der Waals surface area contributed by atoms with Crippen molar-refractivity contribution in [3.63, 3.8) is 0 Å². The molecule has 0 heterocycles. The summed E-state index contributed by atoms with van der Waals surface area (Å²) in [5.41, 5.74) is 1.07. The normalized spacial score (nSPS) is 9.86. The molecule has 6 heteroatoms. The SMILES string of the molecule is CCN(C(=O)Oc1cccc(NC(=O)O)c1)c1ccccc1. The van der Waals surface area contributed by atoms with E-state index in [2.05, 4.69) is 5.32 Å². The van der Waals surface area contributed by atoms with Crippen molar-refractivity contribution < 1.29 is 19.4 Å². The monoisotopic (exact) mass is 300 g/mol. The first-order valence-corrected chi connectivity index (χ1v) is 6.74. The number of para-hydroxylation sites is 1. The van der Waals surface area contributed by atoms with Crippen LogP contribution in [-0.4, -0.2) is 23.8 Å². The van der Waals surface area contributed by atoms with E-state index < -0.39 is 12.2 Å². The van der Waals surface area contributed by atoms with Gasteiger partial charge in [-0.2, -0.15) is 0 Å². The van der Waals surface area contributed by atoms with E-state index in [0.29, 0.717) is 12.2 Å². The third-order valence-electron chi connectivity index (χ3n) is 2.89. The third-order valence-corrected chi connectivity index (χ3v) is 2.89. The summed E-state index contributed by atoms with van der Waals surface area (Å²) in [7, 11) is 0. The molecule has 6 nitrogen and oxygen atoms in total. The molecular weight excluding hydrogens is 284 g/mol. The third kappa shape index (κ3) is 3.99.